The van der Waals surface area contributed by atoms with E-state index in [9.17, 15) is 9.59 Å². The number of carbonyl (C=O) groups is 2. The molecule has 1 unspecified atom stereocenters. The first-order valence-electron chi connectivity index (χ1n) is 9.44. The van der Waals surface area contributed by atoms with E-state index in [4.69, 9.17) is 9.84 Å². The van der Waals surface area contributed by atoms with E-state index in [0.717, 1.165) is 12.8 Å². The summed E-state index contributed by atoms with van der Waals surface area (Å²) in [5.41, 5.74) is 4.73. The number of alkyl carbamates (subject to hydrolysis) is 1. The third kappa shape index (κ3) is 3.82. The van der Waals surface area contributed by atoms with Crippen LogP contribution < -0.4 is 5.32 Å². The maximum Gasteiger partial charge on any atom is 0.407 e. The van der Waals surface area contributed by atoms with Crippen molar-refractivity contribution in [3.63, 3.8) is 0 Å². The first kappa shape index (κ1) is 17.6. The SMILES string of the molecule is O=C(O)CC(CNC(=O)OCC1c2ccccc2-c2ccccc21)C1CC1. The highest BCUT2D eigenvalue weighted by molar-refractivity contribution is 5.79. The highest BCUT2D eigenvalue weighted by Gasteiger charge is 2.33. The van der Waals surface area contributed by atoms with E-state index in [1.807, 2.05) is 24.3 Å². The van der Waals surface area contributed by atoms with Crippen molar-refractivity contribution >= 4 is 12.1 Å². The van der Waals surface area contributed by atoms with Gasteiger partial charge in [0.15, 0.2) is 0 Å². The molecule has 5 heteroatoms. The van der Waals surface area contributed by atoms with Crippen LogP contribution in [0.3, 0.4) is 0 Å². The monoisotopic (exact) mass is 365 g/mol. The predicted octanol–water partition coefficient (Wildman–Crippen LogP) is 4.03. The average Bonchev–Trinajstić information content (AvgIpc) is 3.46. The molecule has 2 aromatic carbocycles. The molecule has 2 aliphatic carbocycles. The number of rotatable bonds is 7. The molecule has 2 aromatic rings. The third-order valence-corrected chi connectivity index (χ3v) is 5.58. The van der Waals surface area contributed by atoms with Gasteiger partial charge in [0.05, 0.1) is 6.42 Å². The molecule has 4 rings (SSSR count). The Labute approximate surface area is 158 Å². The predicted molar refractivity (Wildman–Crippen MR) is 102 cm³/mol. The molecule has 140 valence electrons. The summed E-state index contributed by atoms with van der Waals surface area (Å²) in [7, 11) is 0. The Balaban J connectivity index is 1.37. The minimum absolute atomic E-state index is 0.0111. The molecular formula is C22H23NO4. The second-order valence-corrected chi connectivity index (χ2v) is 7.40. The largest absolute Gasteiger partial charge is 0.481 e. The van der Waals surface area contributed by atoms with E-state index in [-0.39, 0.29) is 24.9 Å². The van der Waals surface area contributed by atoms with Gasteiger partial charge < -0.3 is 15.2 Å². The van der Waals surface area contributed by atoms with Crippen molar-refractivity contribution in [1.29, 1.82) is 0 Å². The normalized spacial score (nSPS) is 16.3. The van der Waals surface area contributed by atoms with Crippen molar-refractivity contribution in [1.82, 2.24) is 5.32 Å². The molecule has 1 saturated carbocycles. The van der Waals surface area contributed by atoms with Crippen LogP contribution in [0, 0.1) is 11.8 Å². The third-order valence-electron chi connectivity index (χ3n) is 5.58. The number of nitrogens with one attached hydrogen (secondary N) is 1. The smallest absolute Gasteiger partial charge is 0.407 e. The zero-order valence-corrected chi connectivity index (χ0v) is 15.1. The van der Waals surface area contributed by atoms with Gasteiger partial charge in [-0.05, 0) is 46.9 Å². The van der Waals surface area contributed by atoms with E-state index in [1.54, 1.807) is 0 Å². The Morgan fingerprint density at radius 2 is 1.63 bits per heavy atom. The van der Waals surface area contributed by atoms with Crippen LogP contribution >= 0.6 is 0 Å². The van der Waals surface area contributed by atoms with Crippen LogP contribution in [-0.4, -0.2) is 30.3 Å². The van der Waals surface area contributed by atoms with Crippen molar-refractivity contribution in [3.05, 3.63) is 59.7 Å². The Hall–Kier alpha value is -2.82. The van der Waals surface area contributed by atoms with E-state index < -0.39 is 12.1 Å². The van der Waals surface area contributed by atoms with Gasteiger partial charge in [-0.1, -0.05) is 48.5 Å². The summed E-state index contributed by atoms with van der Waals surface area (Å²) in [6.07, 6.45) is 1.70. The van der Waals surface area contributed by atoms with Gasteiger partial charge in [-0.25, -0.2) is 4.79 Å². The van der Waals surface area contributed by atoms with Crippen LogP contribution in [0.1, 0.15) is 36.3 Å². The van der Waals surface area contributed by atoms with Gasteiger partial charge in [-0.3, -0.25) is 4.79 Å². The lowest BCUT2D eigenvalue weighted by Crippen LogP contribution is -2.32. The number of carboxylic acid groups (broad SMARTS) is 1. The molecule has 5 nitrogen and oxygen atoms in total. The molecular weight excluding hydrogens is 342 g/mol. The van der Waals surface area contributed by atoms with Crippen LogP contribution in [0.25, 0.3) is 11.1 Å². The zero-order valence-electron chi connectivity index (χ0n) is 15.1. The van der Waals surface area contributed by atoms with Gasteiger partial charge in [0.25, 0.3) is 0 Å². The van der Waals surface area contributed by atoms with Crippen molar-refractivity contribution in [3.8, 4) is 11.1 Å². The molecule has 2 N–H and O–H groups in total. The number of carbonyl (C=O) groups excluding carboxylic acids is 1. The summed E-state index contributed by atoms with van der Waals surface area (Å²) < 4.78 is 5.50. The quantitative estimate of drug-likeness (QED) is 0.777. The first-order chi connectivity index (χ1) is 13.1. The summed E-state index contributed by atoms with van der Waals surface area (Å²) >= 11 is 0. The number of aliphatic carboxylic acids is 1. The van der Waals surface area contributed by atoms with Crippen LogP contribution in [-0.2, 0) is 9.53 Å². The molecule has 0 heterocycles. The molecule has 2 aliphatic rings. The Kier molecular flexibility index (Phi) is 4.84. The number of benzene rings is 2. The maximum absolute atomic E-state index is 12.2. The van der Waals surface area contributed by atoms with E-state index in [1.165, 1.54) is 22.3 Å². The van der Waals surface area contributed by atoms with Crippen LogP contribution in [0.2, 0.25) is 0 Å². The molecule has 1 fully saturated rings. The fraction of sp³-hybridized carbons (Fsp3) is 0.364. The number of hydrogen-bond acceptors (Lipinski definition) is 3. The van der Waals surface area contributed by atoms with Gasteiger partial charge in [0.2, 0.25) is 0 Å². The molecule has 0 radical (unpaired) electrons. The Bertz CT molecular complexity index is 813. The van der Waals surface area contributed by atoms with Crippen molar-refractivity contribution in [2.45, 2.75) is 25.2 Å². The molecule has 0 spiro atoms. The molecule has 0 aromatic heterocycles. The maximum atomic E-state index is 12.2. The summed E-state index contributed by atoms with van der Waals surface area (Å²) in [5.74, 6) is -0.388. The second-order valence-electron chi connectivity index (χ2n) is 7.40. The molecule has 27 heavy (non-hydrogen) atoms. The van der Waals surface area contributed by atoms with Crippen molar-refractivity contribution in [2.24, 2.45) is 11.8 Å². The molecule has 0 aliphatic heterocycles. The summed E-state index contributed by atoms with van der Waals surface area (Å²) in [5, 5.41) is 11.8. The van der Waals surface area contributed by atoms with Gasteiger partial charge in [-0.2, -0.15) is 0 Å². The van der Waals surface area contributed by atoms with Crippen LogP contribution in [0.5, 0.6) is 0 Å². The van der Waals surface area contributed by atoms with Crippen molar-refractivity contribution < 1.29 is 19.4 Å². The lowest BCUT2D eigenvalue weighted by Gasteiger charge is -2.17. The van der Waals surface area contributed by atoms with Gasteiger partial charge in [0.1, 0.15) is 6.61 Å². The second kappa shape index (κ2) is 7.43. The Morgan fingerprint density at radius 3 is 2.19 bits per heavy atom. The summed E-state index contributed by atoms with van der Waals surface area (Å²) in [6, 6.07) is 16.4. The molecule has 0 saturated heterocycles. The number of carboxylic acids is 1. The number of amides is 1. The topological polar surface area (TPSA) is 75.6 Å². The summed E-state index contributed by atoms with van der Waals surface area (Å²) in [6.45, 7) is 0.626. The van der Waals surface area contributed by atoms with Gasteiger partial charge >= 0.3 is 12.1 Å². The van der Waals surface area contributed by atoms with E-state index in [0.29, 0.717) is 12.5 Å². The van der Waals surface area contributed by atoms with E-state index in [2.05, 4.69) is 29.6 Å². The van der Waals surface area contributed by atoms with Crippen LogP contribution in [0.4, 0.5) is 4.79 Å². The highest BCUT2D eigenvalue weighted by Crippen LogP contribution is 2.44. The molecule has 0 bridgehead atoms. The lowest BCUT2D eigenvalue weighted by molar-refractivity contribution is -0.138. The van der Waals surface area contributed by atoms with Crippen LogP contribution in [0.15, 0.2) is 48.5 Å². The first-order valence-corrected chi connectivity index (χ1v) is 9.44. The average molecular weight is 365 g/mol. The van der Waals surface area contributed by atoms with E-state index >= 15 is 0 Å². The summed E-state index contributed by atoms with van der Waals surface area (Å²) in [4.78, 5) is 23.2. The minimum Gasteiger partial charge on any atom is -0.481 e. The lowest BCUT2D eigenvalue weighted by atomic mass is 9.98. The zero-order chi connectivity index (χ0) is 18.8. The van der Waals surface area contributed by atoms with Gasteiger partial charge in [0, 0.05) is 12.5 Å². The van der Waals surface area contributed by atoms with Gasteiger partial charge in [-0.15, -0.1) is 0 Å². The number of ether oxygens (including phenoxy) is 1. The fourth-order valence-electron chi connectivity index (χ4n) is 4.06. The number of hydrogen-bond donors (Lipinski definition) is 2. The number of fused-ring (bicyclic) bond motifs is 3. The highest BCUT2D eigenvalue weighted by atomic mass is 16.5. The fourth-order valence-corrected chi connectivity index (χ4v) is 4.06. The molecule has 1 atom stereocenters. The minimum atomic E-state index is -0.818. The standard InChI is InChI=1S/C22H23NO4/c24-21(25)11-15(14-9-10-14)12-23-22(26)27-13-20-18-7-3-1-5-16(18)17-6-2-4-8-19(17)20/h1-8,14-15,20H,9-13H2,(H,23,26)(H,24,25). The Morgan fingerprint density at radius 1 is 1.04 bits per heavy atom. The van der Waals surface area contributed by atoms with Crippen molar-refractivity contribution in [2.75, 3.05) is 13.2 Å². The molecule has 1 amide bonds.